The highest BCUT2D eigenvalue weighted by molar-refractivity contribution is 5.94. The number of tetrazole rings is 1. The summed E-state index contributed by atoms with van der Waals surface area (Å²) in [5.74, 6) is 0.614. The monoisotopic (exact) mass is 337 g/mol. The third-order valence-corrected chi connectivity index (χ3v) is 3.76. The molecule has 2 N–H and O–H groups in total. The van der Waals surface area contributed by atoms with Crippen LogP contribution in [0.3, 0.4) is 0 Å². The lowest BCUT2D eigenvalue weighted by Crippen LogP contribution is -2.26. The summed E-state index contributed by atoms with van der Waals surface area (Å²) in [6, 6.07) is 16.8. The normalized spacial score (nSPS) is 11.9. The maximum atomic E-state index is 11.4. The first-order valence-electron chi connectivity index (χ1n) is 7.98. The van der Waals surface area contributed by atoms with Crippen molar-refractivity contribution in [2.75, 3.05) is 11.9 Å². The van der Waals surface area contributed by atoms with Crippen LogP contribution < -0.4 is 5.32 Å². The van der Waals surface area contributed by atoms with Crippen molar-refractivity contribution >= 4 is 11.5 Å². The van der Waals surface area contributed by atoms with Crippen molar-refractivity contribution in [3.8, 4) is 11.4 Å². The van der Waals surface area contributed by atoms with Crippen LogP contribution in [0, 0.1) is 0 Å². The Labute approximate surface area is 145 Å². The quantitative estimate of drug-likeness (QED) is 0.641. The Morgan fingerprint density at radius 3 is 2.76 bits per heavy atom. The van der Waals surface area contributed by atoms with E-state index < -0.39 is 6.10 Å². The zero-order chi connectivity index (χ0) is 17.6. The highest BCUT2D eigenvalue weighted by Crippen LogP contribution is 2.15. The molecule has 0 radical (unpaired) electrons. The molecule has 0 bridgehead atoms. The molecule has 2 aromatic carbocycles. The van der Waals surface area contributed by atoms with Gasteiger partial charge in [-0.05, 0) is 29.5 Å². The average Bonchev–Trinajstić information content (AvgIpc) is 3.09. The van der Waals surface area contributed by atoms with Gasteiger partial charge in [0.05, 0.1) is 12.6 Å². The molecule has 0 fully saturated rings. The fourth-order valence-corrected chi connectivity index (χ4v) is 2.47. The Hall–Kier alpha value is -3.06. The van der Waals surface area contributed by atoms with Crippen LogP contribution in [0.25, 0.3) is 11.4 Å². The van der Waals surface area contributed by atoms with Gasteiger partial charge in [-0.3, -0.25) is 4.79 Å². The SMILES string of the molecule is CC(=O)c1cccc(NCC(O)Cn2nnnc2-c2ccccc2)c1. The maximum absolute atomic E-state index is 11.4. The van der Waals surface area contributed by atoms with E-state index in [0.717, 1.165) is 11.3 Å². The van der Waals surface area contributed by atoms with Gasteiger partial charge in [-0.1, -0.05) is 42.5 Å². The van der Waals surface area contributed by atoms with Crippen molar-refractivity contribution in [2.45, 2.75) is 19.6 Å². The van der Waals surface area contributed by atoms with Crippen LogP contribution in [-0.2, 0) is 6.54 Å². The summed E-state index contributed by atoms with van der Waals surface area (Å²) in [5, 5.41) is 25.1. The van der Waals surface area contributed by atoms with E-state index in [1.54, 1.807) is 22.9 Å². The van der Waals surface area contributed by atoms with E-state index in [2.05, 4.69) is 20.8 Å². The van der Waals surface area contributed by atoms with Crippen LogP contribution in [0.2, 0.25) is 0 Å². The fourth-order valence-electron chi connectivity index (χ4n) is 2.47. The lowest BCUT2D eigenvalue weighted by molar-refractivity contribution is 0.101. The van der Waals surface area contributed by atoms with Gasteiger partial charge in [0.25, 0.3) is 0 Å². The summed E-state index contributed by atoms with van der Waals surface area (Å²) < 4.78 is 1.58. The molecule has 0 aliphatic heterocycles. The van der Waals surface area contributed by atoms with E-state index in [-0.39, 0.29) is 12.3 Å². The van der Waals surface area contributed by atoms with E-state index >= 15 is 0 Å². The number of aromatic nitrogens is 4. The van der Waals surface area contributed by atoms with Gasteiger partial charge in [-0.2, -0.15) is 0 Å². The van der Waals surface area contributed by atoms with E-state index in [9.17, 15) is 9.90 Å². The van der Waals surface area contributed by atoms with Crippen molar-refractivity contribution in [2.24, 2.45) is 0 Å². The molecule has 3 aromatic rings. The van der Waals surface area contributed by atoms with Crippen LogP contribution in [0.15, 0.2) is 54.6 Å². The molecule has 7 nitrogen and oxygen atoms in total. The number of ketones is 1. The Balaban J connectivity index is 1.62. The summed E-state index contributed by atoms with van der Waals surface area (Å²) in [7, 11) is 0. The van der Waals surface area contributed by atoms with Gasteiger partial charge in [-0.15, -0.1) is 5.10 Å². The molecule has 3 rings (SSSR count). The Morgan fingerprint density at radius 1 is 1.20 bits per heavy atom. The number of hydrogen-bond donors (Lipinski definition) is 2. The Bertz CT molecular complexity index is 847. The van der Waals surface area contributed by atoms with E-state index in [4.69, 9.17) is 0 Å². The second-order valence-corrected chi connectivity index (χ2v) is 5.72. The summed E-state index contributed by atoms with van der Waals surface area (Å²) in [6.07, 6.45) is -0.688. The number of nitrogens with zero attached hydrogens (tertiary/aromatic N) is 4. The number of benzene rings is 2. The molecule has 1 heterocycles. The molecular weight excluding hydrogens is 318 g/mol. The van der Waals surface area contributed by atoms with Gasteiger partial charge in [-0.25, -0.2) is 4.68 Å². The van der Waals surface area contributed by atoms with Gasteiger partial charge in [0.15, 0.2) is 11.6 Å². The predicted octanol–water partition coefficient (Wildman–Crippen LogP) is 2.02. The standard InChI is InChI=1S/C18H19N5O2/c1-13(24)15-8-5-9-16(10-15)19-11-17(25)12-23-18(20-21-22-23)14-6-3-2-4-7-14/h2-10,17,19,25H,11-12H2,1H3. The minimum Gasteiger partial charge on any atom is -0.389 e. The van der Waals surface area contributed by atoms with Crippen molar-refractivity contribution in [3.05, 3.63) is 60.2 Å². The lowest BCUT2D eigenvalue weighted by Gasteiger charge is -2.14. The van der Waals surface area contributed by atoms with Gasteiger partial charge in [0.1, 0.15) is 0 Å². The maximum Gasteiger partial charge on any atom is 0.182 e. The smallest absolute Gasteiger partial charge is 0.182 e. The van der Waals surface area contributed by atoms with Crippen molar-refractivity contribution in [1.29, 1.82) is 0 Å². The van der Waals surface area contributed by atoms with Crippen LogP contribution in [0.5, 0.6) is 0 Å². The van der Waals surface area contributed by atoms with Crippen molar-refractivity contribution in [3.63, 3.8) is 0 Å². The van der Waals surface area contributed by atoms with Gasteiger partial charge < -0.3 is 10.4 Å². The first-order valence-corrected chi connectivity index (χ1v) is 7.98. The van der Waals surface area contributed by atoms with Crippen LogP contribution in [-0.4, -0.2) is 43.7 Å². The molecule has 128 valence electrons. The summed E-state index contributed by atoms with van der Waals surface area (Å²) in [4.78, 5) is 11.4. The lowest BCUT2D eigenvalue weighted by atomic mass is 10.1. The Morgan fingerprint density at radius 2 is 2.00 bits per heavy atom. The average molecular weight is 337 g/mol. The zero-order valence-corrected chi connectivity index (χ0v) is 13.8. The van der Waals surface area contributed by atoms with Crippen molar-refractivity contribution < 1.29 is 9.90 Å². The number of aliphatic hydroxyl groups is 1. The van der Waals surface area contributed by atoms with Gasteiger partial charge >= 0.3 is 0 Å². The number of rotatable bonds is 7. The first-order chi connectivity index (χ1) is 12.1. The number of hydrogen-bond acceptors (Lipinski definition) is 6. The third-order valence-electron chi connectivity index (χ3n) is 3.76. The fraction of sp³-hybridized carbons (Fsp3) is 0.222. The van der Waals surface area contributed by atoms with Gasteiger partial charge in [0, 0.05) is 23.4 Å². The molecule has 0 saturated carbocycles. The number of aliphatic hydroxyl groups excluding tert-OH is 1. The third kappa shape index (κ3) is 4.27. The predicted molar refractivity (Wildman–Crippen MR) is 94.2 cm³/mol. The second kappa shape index (κ2) is 7.67. The minimum absolute atomic E-state index is 0.00499. The van der Waals surface area contributed by atoms with E-state index in [1.165, 1.54) is 6.92 Å². The molecule has 0 aliphatic rings. The largest absolute Gasteiger partial charge is 0.389 e. The summed E-state index contributed by atoms with van der Waals surface area (Å²) in [5.41, 5.74) is 2.31. The second-order valence-electron chi connectivity index (χ2n) is 5.72. The number of anilines is 1. The molecule has 1 atom stereocenters. The van der Waals surface area contributed by atoms with E-state index in [1.807, 2.05) is 36.4 Å². The van der Waals surface area contributed by atoms with Crippen molar-refractivity contribution in [1.82, 2.24) is 20.2 Å². The zero-order valence-electron chi connectivity index (χ0n) is 13.8. The number of nitrogens with one attached hydrogen (secondary N) is 1. The van der Waals surface area contributed by atoms with Crippen LogP contribution in [0.4, 0.5) is 5.69 Å². The number of carbonyl (C=O) groups is 1. The molecule has 0 saturated heterocycles. The molecule has 25 heavy (non-hydrogen) atoms. The molecule has 0 amide bonds. The van der Waals surface area contributed by atoms with E-state index in [0.29, 0.717) is 17.9 Å². The molecule has 0 aliphatic carbocycles. The number of Topliss-reactive ketones (excluding diaryl/α,β-unsaturated/α-hetero) is 1. The molecule has 1 aromatic heterocycles. The molecule has 1 unspecified atom stereocenters. The van der Waals surface area contributed by atoms with Gasteiger partial charge in [0.2, 0.25) is 0 Å². The highest BCUT2D eigenvalue weighted by Gasteiger charge is 2.13. The number of carbonyl (C=O) groups excluding carboxylic acids is 1. The highest BCUT2D eigenvalue weighted by atomic mass is 16.3. The van der Waals surface area contributed by atoms with Crippen LogP contribution in [0.1, 0.15) is 17.3 Å². The summed E-state index contributed by atoms with van der Waals surface area (Å²) >= 11 is 0. The Kier molecular flexibility index (Phi) is 5.15. The summed E-state index contributed by atoms with van der Waals surface area (Å²) in [6.45, 7) is 2.10. The minimum atomic E-state index is -0.688. The first kappa shape index (κ1) is 16.8. The molecule has 7 heteroatoms. The molecule has 0 spiro atoms. The topological polar surface area (TPSA) is 92.9 Å². The van der Waals surface area contributed by atoms with Crippen LogP contribution >= 0.6 is 0 Å². The molecular formula is C18H19N5O2.